The molecular weight excluding hydrogens is 403 g/mol. The highest BCUT2D eigenvalue weighted by atomic mass is 19.1. The Bertz CT molecular complexity index is 1060. The smallest absolute Gasteiger partial charge is 0.228 e. The van der Waals surface area contributed by atoms with Gasteiger partial charge in [0.2, 0.25) is 11.8 Å². The Morgan fingerprint density at radius 1 is 0.938 bits per heavy atom. The fraction of sp³-hybridized carbons (Fsp3) is 0.259. The Hall–Kier alpha value is -3.47. The van der Waals surface area contributed by atoms with Crippen LogP contribution in [0.15, 0.2) is 72.8 Å². The number of nitrogens with zero attached hydrogens (tertiary/aromatic N) is 1. The van der Waals surface area contributed by atoms with Crippen molar-refractivity contribution in [3.8, 4) is 0 Å². The topological polar surface area (TPSA) is 49.4 Å². The van der Waals surface area contributed by atoms with Crippen LogP contribution in [0.25, 0.3) is 0 Å². The van der Waals surface area contributed by atoms with Crippen LogP contribution in [-0.4, -0.2) is 11.8 Å². The standard InChI is InChI=1S/C27H29FN2O2/c1-19(2)15-27(32)30(18-22-7-11-23(28)12-8-22)25-13-9-21(10-14-25)17-26(31)29-24-6-4-5-20(3)16-24/h4-14,16,19H,15,17-18H2,1-3H3,(H,29,31). The number of carbonyl (C=O) groups is 2. The molecule has 0 spiro atoms. The monoisotopic (exact) mass is 432 g/mol. The summed E-state index contributed by atoms with van der Waals surface area (Å²) in [5.41, 5.74) is 4.32. The lowest BCUT2D eigenvalue weighted by Crippen LogP contribution is -2.31. The summed E-state index contributed by atoms with van der Waals surface area (Å²) in [6, 6.07) is 21.3. The van der Waals surface area contributed by atoms with Gasteiger partial charge in [-0.15, -0.1) is 0 Å². The largest absolute Gasteiger partial charge is 0.326 e. The van der Waals surface area contributed by atoms with E-state index in [4.69, 9.17) is 0 Å². The van der Waals surface area contributed by atoms with Gasteiger partial charge < -0.3 is 10.2 Å². The van der Waals surface area contributed by atoms with E-state index in [1.807, 2.05) is 69.3 Å². The van der Waals surface area contributed by atoms with E-state index in [9.17, 15) is 14.0 Å². The third kappa shape index (κ3) is 6.77. The van der Waals surface area contributed by atoms with Crippen LogP contribution >= 0.6 is 0 Å². The average molecular weight is 433 g/mol. The molecule has 0 bridgehead atoms. The van der Waals surface area contributed by atoms with Gasteiger partial charge in [0.05, 0.1) is 13.0 Å². The van der Waals surface area contributed by atoms with Crippen LogP contribution in [0.5, 0.6) is 0 Å². The molecule has 0 unspecified atom stereocenters. The summed E-state index contributed by atoms with van der Waals surface area (Å²) in [5, 5.41) is 2.91. The maximum absolute atomic E-state index is 13.3. The zero-order chi connectivity index (χ0) is 23.1. The van der Waals surface area contributed by atoms with Crippen molar-refractivity contribution in [3.63, 3.8) is 0 Å². The van der Waals surface area contributed by atoms with E-state index in [2.05, 4.69) is 5.32 Å². The van der Waals surface area contributed by atoms with Gasteiger partial charge in [0.1, 0.15) is 5.82 Å². The minimum absolute atomic E-state index is 0.00858. The summed E-state index contributed by atoms with van der Waals surface area (Å²) in [7, 11) is 0. The molecule has 1 N–H and O–H groups in total. The molecule has 0 aliphatic heterocycles. The molecule has 0 heterocycles. The summed E-state index contributed by atoms with van der Waals surface area (Å²) >= 11 is 0. The van der Waals surface area contributed by atoms with Crippen molar-refractivity contribution in [2.24, 2.45) is 5.92 Å². The minimum atomic E-state index is -0.304. The summed E-state index contributed by atoms with van der Waals surface area (Å²) in [6.07, 6.45) is 0.661. The number of benzene rings is 3. The van der Waals surface area contributed by atoms with Gasteiger partial charge >= 0.3 is 0 Å². The Morgan fingerprint density at radius 2 is 1.59 bits per heavy atom. The summed E-state index contributed by atoms with van der Waals surface area (Å²) in [6.45, 7) is 6.35. The SMILES string of the molecule is Cc1cccc(NC(=O)Cc2ccc(N(Cc3ccc(F)cc3)C(=O)CC(C)C)cc2)c1. The second-order valence-corrected chi connectivity index (χ2v) is 8.47. The molecule has 166 valence electrons. The first kappa shape index (κ1) is 23.2. The Kier molecular flexibility index (Phi) is 7.77. The lowest BCUT2D eigenvalue weighted by Gasteiger charge is -2.24. The Labute approximate surface area is 189 Å². The lowest BCUT2D eigenvalue weighted by molar-refractivity contribution is -0.119. The van der Waals surface area contributed by atoms with Crippen molar-refractivity contribution in [2.45, 2.75) is 40.2 Å². The number of aryl methyl sites for hydroxylation is 1. The molecule has 0 atom stereocenters. The van der Waals surface area contributed by atoms with Crippen molar-refractivity contribution in [1.82, 2.24) is 0 Å². The molecule has 3 rings (SSSR count). The first-order valence-corrected chi connectivity index (χ1v) is 10.8. The van der Waals surface area contributed by atoms with Gasteiger partial charge in [0.15, 0.2) is 0 Å². The average Bonchev–Trinajstić information content (AvgIpc) is 2.73. The Morgan fingerprint density at radius 3 is 2.22 bits per heavy atom. The number of nitrogens with one attached hydrogen (secondary N) is 1. The molecule has 0 aromatic heterocycles. The Balaban J connectivity index is 1.72. The van der Waals surface area contributed by atoms with E-state index < -0.39 is 0 Å². The van der Waals surface area contributed by atoms with Crippen LogP contribution in [0.1, 0.15) is 37.0 Å². The second-order valence-electron chi connectivity index (χ2n) is 8.47. The number of carbonyl (C=O) groups excluding carboxylic acids is 2. The van der Waals surface area contributed by atoms with E-state index in [1.165, 1.54) is 12.1 Å². The first-order valence-electron chi connectivity index (χ1n) is 10.8. The highest BCUT2D eigenvalue weighted by molar-refractivity contribution is 5.94. The number of rotatable bonds is 8. The molecule has 0 aliphatic rings. The predicted molar refractivity (Wildman–Crippen MR) is 127 cm³/mol. The number of anilines is 2. The fourth-order valence-corrected chi connectivity index (χ4v) is 3.46. The number of hydrogen-bond acceptors (Lipinski definition) is 2. The van der Waals surface area contributed by atoms with Crippen molar-refractivity contribution < 1.29 is 14.0 Å². The van der Waals surface area contributed by atoms with Crippen LogP contribution < -0.4 is 10.2 Å². The molecule has 5 heteroatoms. The van der Waals surface area contributed by atoms with Crippen LogP contribution in [-0.2, 0) is 22.6 Å². The van der Waals surface area contributed by atoms with E-state index in [0.717, 1.165) is 28.1 Å². The van der Waals surface area contributed by atoms with E-state index in [1.54, 1.807) is 17.0 Å². The summed E-state index contributed by atoms with van der Waals surface area (Å²) < 4.78 is 13.3. The van der Waals surface area contributed by atoms with E-state index in [-0.39, 0.29) is 30.0 Å². The van der Waals surface area contributed by atoms with Crippen LogP contribution in [0.4, 0.5) is 15.8 Å². The summed E-state index contributed by atoms with van der Waals surface area (Å²) in [5.74, 6) is -0.165. The third-order valence-electron chi connectivity index (χ3n) is 5.05. The van der Waals surface area contributed by atoms with E-state index >= 15 is 0 Å². The van der Waals surface area contributed by atoms with E-state index in [0.29, 0.717) is 13.0 Å². The quantitative estimate of drug-likeness (QED) is 0.482. The van der Waals surface area contributed by atoms with Gasteiger partial charge in [0, 0.05) is 17.8 Å². The minimum Gasteiger partial charge on any atom is -0.326 e. The second kappa shape index (κ2) is 10.7. The number of hydrogen-bond donors (Lipinski definition) is 1. The van der Waals surface area contributed by atoms with Crippen LogP contribution in [0.3, 0.4) is 0 Å². The molecule has 0 saturated carbocycles. The first-order chi connectivity index (χ1) is 15.3. The predicted octanol–water partition coefficient (Wildman–Crippen LogP) is 5.89. The van der Waals surface area contributed by atoms with Gasteiger partial charge in [0.25, 0.3) is 0 Å². The highest BCUT2D eigenvalue weighted by Gasteiger charge is 2.18. The van der Waals surface area contributed by atoms with Crippen molar-refractivity contribution in [3.05, 3.63) is 95.3 Å². The van der Waals surface area contributed by atoms with Crippen LogP contribution in [0.2, 0.25) is 0 Å². The maximum atomic E-state index is 13.3. The molecule has 32 heavy (non-hydrogen) atoms. The van der Waals surface area contributed by atoms with Gasteiger partial charge in [-0.3, -0.25) is 9.59 Å². The van der Waals surface area contributed by atoms with Crippen molar-refractivity contribution >= 4 is 23.2 Å². The van der Waals surface area contributed by atoms with Crippen molar-refractivity contribution in [1.29, 1.82) is 0 Å². The molecule has 3 aromatic carbocycles. The van der Waals surface area contributed by atoms with Gasteiger partial charge in [-0.25, -0.2) is 4.39 Å². The zero-order valence-electron chi connectivity index (χ0n) is 18.8. The molecule has 0 fully saturated rings. The zero-order valence-corrected chi connectivity index (χ0v) is 18.8. The fourth-order valence-electron chi connectivity index (χ4n) is 3.46. The molecule has 0 radical (unpaired) electrons. The molecule has 0 saturated heterocycles. The molecule has 2 amide bonds. The number of halogens is 1. The third-order valence-corrected chi connectivity index (χ3v) is 5.05. The van der Waals surface area contributed by atoms with Gasteiger partial charge in [-0.1, -0.05) is 50.2 Å². The lowest BCUT2D eigenvalue weighted by atomic mass is 10.1. The molecular formula is C27H29FN2O2. The highest BCUT2D eigenvalue weighted by Crippen LogP contribution is 2.21. The maximum Gasteiger partial charge on any atom is 0.228 e. The molecule has 0 aliphatic carbocycles. The normalized spacial score (nSPS) is 10.8. The van der Waals surface area contributed by atoms with Gasteiger partial charge in [-0.05, 0) is 65.9 Å². The summed E-state index contributed by atoms with van der Waals surface area (Å²) in [4.78, 5) is 27.0. The molecule has 4 nitrogen and oxygen atoms in total. The van der Waals surface area contributed by atoms with Gasteiger partial charge in [-0.2, -0.15) is 0 Å². The number of amides is 2. The molecule has 3 aromatic rings. The van der Waals surface area contributed by atoms with Crippen LogP contribution in [0, 0.1) is 18.7 Å². The van der Waals surface area contributed by atoms with Crippen molar-refractivity contribution in [2.75, 3.05) is 10.2 Å².